The SMILES string of the molecule is COC(=O)COCC#CCN. The molecule has 0 atom stereocenters. The number of methoxy groups -OCH3 is 1. The smallest absolute Gasteiger partial charge is 0.331 e. The van der Waals surface area contributed by atoms with Gasteiger partial charge in [-0.05, 0) is 0 Å². The van der Waals surface area contributed by atoms with Gasteiger partial charge in [0.25, 0.3) is 0 Å². The molecule has 0 bridgehead atoms. The van der Waals surface area contributed by atoms with Crippen LogP contribution in [0.25, 0.3) is 0 Å². The first kappa shape index (κ1) is 9.95. The fourth-order valence-corrected chi connectivity index (χ4v) is 0.368. The van der Waals surface area contributed by atoms with Crippen molar-refractivity contribution in [3.8, 4) is 11.8 Å². The van der Waals surface area contributed by atoms with Gasteiger partial charge in [-0.15, -0.1) is 0 Å². The number of nitrogens with two attached hydrogens (primary N) is 1. The monoisotopic (exact) mass is 157 g/mol. The minimum absolute atomic E-state index is 0.0598. The molecule has 0 fully saturated rings. The van der Waals surface area contributed by atoms with Gasteiger partial charge in [-0.3, -0.25) is 0 Å². The van der Waals surface area contributed by atoms with Gasteiger partial charge in [0.05, 0.1) is 13.7 Å². The molecular formula is C7H11NO3. The van der Waals surface area contributed by atoms with Crippen molar-refractivity contribution in [1.29, 1.82) is 0 Å². The van der Waals surface area contributed by atoms with E-state index in [1.807, 2.05) is 0 Å². The van der Waals surface area contributed by atoms with Gasteiger partial charge in [-0.2, -0.15) is 0 Å². The Balaban J connectivity index is 3.21. The largest absolute Gasteiger partial charge is 0.467 e. The molecule has 0 heterocycles. The summed E-state index contributed by atoms with van der Waals surface area (Å²) in [5.41, 5.74) is 5.08. The first-order valence-corrected chi connectivity index (χ1v) is 3.11. The molecule has 62 valence electrons. The van der Waals surface area contributed by atoms with Crippen molar-refractivity contribution >= 4 is 5.97 Å². The van der Waals surface area contributed by atoms with Gasteiger partial charge in [0, 0.05) is 0 Å². The van der Waals surface area contributed by atoms with Crippen LogP contribution in [0, 0.1) is 11.8 Å². The summed E-state index contributed by atoms with van der Waals surface area (Å²) in [5.74, 6) is 4.80. The second-order valence-electron chi connectivity index (χ2n) is 1.63. The summed E-state index contributed by atoms with van der Waals surface area (Å²) in [6.45, 7) is 0.462. The van der Waals surface area contributed by atoms with Crippen LogP contribution in [-0.2, 0) is 14.3 Å². The van der Waals surface area contributed by atoms with E-state index in [4.69, 9.17) is 10.5 Å². The van der Waals surface area contributed by atoms with Crippen LogP contribution in [-0.4, -0.2) is 32.8 Å². The molecular weight excluding hydrogens is 146 g/mol. The highest BCUT2D eigenvalue weighted by Gasteiger charge is 1.96. The normalized spacial score (nSPS) is 8.18. The van der Waals surface area contributed by atoms with E-state index in [2.05, 4.69) is 16.6 Å². The Morgan fingerprint density at radius 3 is 2.82 bits per heavy atom. The number of esters is 1. The molecule has 4 heteroatoms. The van der Waals surface area contributed by atoms with Crippen LogP contribution < -0.4 is 5.73 Å². The van der Waals surface area contributed by atoms with Gasteiger partial charge in [0.2, 0.25) is 0 Å². The lowest BCUT2D eigenvalue weighted by Crippen LogP contribution is -2.10. The molecule has 0 saturated heterocycles. The number of ether oxygens (including phenoxy) is 2. The van der Waals surface area contributed by atoms with E-state index in [0.29, 0.717) is 6.54 Å². The maximum atomic E-state index is 10.4. The minimum Gasteiger partial charge on any atom is -0.467 e. The molecule has 0 aliphatic carbocycles. The van der Waals surface area contributed by atoms with Crippen LogP contribution in [0.3, 0.4) is 0 Å². The van der Waals surface area contributed by atoms with E-state index < -0.39 is 5.97 Å². The highest BCUT2D eigenvalue weighted by Crippen LogP contribution is 1.76. The Morgan fingerprint density at radius 2 is 2.27 bits per heavy atom. The first-order chi connectivity index (χ1) is 5.31. The van der Waals surface area contributed by atoms with E-state index in [9.17, 15) is 4.79 Å². The molecule has 0 rings (SSSR count). The van der Waals surface area contributed by atoms with Crippen molar-refractivity contribution in [1.82, 2.24) is 0 Å². The number of rotatable bonds is 3. The molecule has 0 saturated carbocycles. The quantitative estimate of drug-likeness (QED) is 0.329. The van der Waals surface area contributed by atoms with Crippen LogP contribution >= 0.6 is 0 Å². The Hall–Kier alpha value is -1.05. The standard InChI is InChI=1S/C7H11NO3/c1-10-7(9)6-11-5-3-2-4-8/h4-6,8H2,1H3. The van der Waals surface area contributed by atoms with Crippen molar-refractivity contribution in [3.63, 3.8) is 0 Å². The Morgan fingerprint density at radius 1 is 1.55 bits per heavy atom. The maximum Gasteiger partial charge on any atom is 0.331 e. The summed E-state index contributed by atoms with van der Waals surface area (Å²) in [5, 5.41) is 0. The fraction of sp³-hybridized carbons (Fsp3) is 0.571. The van der Waals surface area contributed by atoms with Gasteiger partial charge in [-0.1, -0.05) is 11.8 Å². The summed E-state index contributed by atoms with van der Waals surface area (Å²) in [7, 11) is 1.30. The average molecular weight is 157 g/mol. The second-order valence-corrected chi connectivity index (χ2v) is 1.63. The summed E-state index contributed by atoms with van der Waals surface area (Å²) >= 11 is 0. The van der Waals surface area contributed by atoms with Crippen molar-refractivity contribution in [2.45, 2.75) is 0 Å². The third kappa shape index (κ3) is 6.84. The Bertz CT molecular complexity index is 168. The molecule has 2 N–H and O–H groups in total. The number of carbonyl (C=O) groups is 1. The lowest BCUT2D eigenvalue weighted by atomic mass is 10.6. The summed E-state index contributed by atoms with van der Waals surface area (Å²) in [6, 6.07) is 0. The highest BCUT2D eigenvalue weighted by atomic mass is 16.6. The van der Waals surface area contributed by atoms with Crippen LogP contribution in [0.15, 0.2) is 0 Å². The average Bonchev–Trinajstić information content (AvgIpc) is 2.04. The Kier molecular flexibility index (Phi) is 6.39. The molecule has 11 heavy (non-hydrogen) atoms. The fourth-order valence-electron chi connectivity index (χ4n) is 0.368. The molecule has 0 aromatic carbocycles. The van der Waals surface area contributed by atoms with Crippen molar-refractivity contribution in [2.75, 3.05) is 26.9 Å². The third-order valence-corrected chi connectivity index (χ3v) is 0.849. The second kappa shape index (κ2) is 7.06. The topological polar surface area (TPSA) is 61.5 Å². The zero-order chi connectivity index (χ0) is 8.53. The zero-order valence-electron chi connectivity index (χ0n) is 6.42. The number of hydrogen-bond donors (Lipinski definition) is 1. The summed E-state index contributed by atoms with van der Waals surface area (Å²) < 4.78 is 9.10. The lowest BCUT2D eigenvalue weighted by molar-refractivity contribution is -0.145. The van der Waals surface area contributed by atoms with Gasteiger partial charge >= 0.3 is 5.97 Å². The Labute approximate surface area is 65.7 Å². The molecule has 0 unspecified atom stereocenters. The minimum atomic E-state index is -0.403. The summed E-state index contributed by atoms with van der Waals surface area (Å²) in [4.78, 5) is 10.4. The van der Waals surface area contributed by atoms with E-state index in [-0.39, 0.29) is 13.2 Å². The molecule has 0 aromatic rings. The molecule has 0 spiro atoms. The summed E-state index contributed by atoms with van der Waals surface area (Å²) in [6.07, 6.45) is 0. The lowest BCUT2D eigenvalue weighted by Gasteiger charge is -1.96. The number of carbonyl (C=O) groups excluding carboxylic acids is 1. The molecule has 0 amide bonds. The predicted molar refractivity (Wildman–Crippen MR) is 39.7 cm³/mol. The van der Waals surface area contributed by atoms with Gasteiger partial charge < -0.3 is 15.2 Å². The van der Waals surface area contributed by atoms with Crippen molar-refractivity contribution in [2.24, 2.45) is 5.73 Å². The molecule has 0 aliphatic heterocycles. The van der Waals surface area contributed by atoms with Gasteiger partial charge in [0.1, 0.15) is 13.2 Å². The first-order valence-electron chi connectivity index (χ1n) is 3.11. The van der Waals surface area contributed by atoms with Crippen LogP contribution in [0.2, 0.25) is 0 Å². The van der Waals surface area contributed by atoms with Crippen molar-refractivity contribution < 1.29 is 14.3 Å². The molecule has 0 aliphatic rings. The maximum absolute atomic E-state index is 10.4. The molecule has 4 nitrogen and oxygen atoms in total. The van der Waals surface area contributed by atoms with Crippen LogP contribution in [0.1, 0.15) is 0 Å². The van der Waals surface area contributed by atoms with Crippen molar-refractivity contribution in [3.05, 3.63) is 0 Å². The van der Waals surface area contributed by atoms with E-state index in [1.165, 1.54) is 7.11 Å². The molecule has 0 radical (unpaired) electrons. The van der Waals surface area contributed by atoms with E-state index >= 15 is 0 Å². The van der Waals surface area contributed by atoms with Gasteiger partial charge in [0.15, 0.2) is 0 Å². The van der Waals surface area contributed by atoms with E-state index in [0.717, 1.165) is 0 Å². The van der Waals surface area contributed by atoms with Gasteiger partial charge in [-0.25, -0.2) is 4.79 Å². The highest BCUT2D eigenvalue weighted by molar-refractivity contribution is 5.70. The predicted octanol–water partition coefficient (Wildman–Crippen LogP) is -0.862. The van der Waals surface area contributed by atoms with Crippen LogP contribution in [0.5, 0.6) is 0 Å². The van der Waals surface area contributed by atoms with Crippen LogP contribution in [0.4, 0.5) is 0 Å². The zero-order valence-corrected chi connectivity index (χ0v) is 6.42. The number of hydrogen-bond acceptors (Lipinski definition) is 4. The molecule has 0 aromatic heterocycles. The van der Waals surface area contributed by atoms with E-state index in [1.54, 1.807) is 0 Å². The third-order valence-electron chi connectivity index (χ3n) is 0.849.